The second kappa shape index (κ2) is 7.11. The number of sulfone groups is 1. The highest BCUT2D eigenvalue weighted by Gasteiger charge is 2.50. The Bertz CT molecular complexity index is 1260. The molecule has 3 aromatic rings. The lowest BCUT2D eigenvalue weighted by Crippen LogP contribution is -2.45. The van der Waals surface area contributed by atoms with Crippen molar-refractivity contribution < 1.29 is 13.2 Å². The van der Waals surface area contributed by atoms with Crippen LogP contribution in [0.25, 0.3) is 11.1 Å². The van der Waals surface area contributed by atoms with Crippen LogP contribution in [0.15, 0.2) is 83.8 Å². The summed E-state index contributed by atoms with van der Waals surface area (Å²) in [6.07, 6.45) is 1.18. The second-order valence-corrected chi connectivity index (χ2v) is 9.35. The summed E-state index contributed by atoms with van der Waals surface area (Å²) in [7, 11) is -1.77. The van der Waals surface area contributed by atoms with Crippen LogP contribution in [-0.4, -0.2) is 38.5 Å². The summed E-state index contributed by atoms with van der Waals surface area (Å²) in [5, 5.41) is 11.3. The summed E-state index contributed by atoms with van der Waals surface area (Å²) in [6.45, 7) is 0. The summed E-state index contributed by atoms with van der Waals surface area (Å²) in [5.41, 5.74) is 1.69. The van der Waals surface area contributed by atoms with Crippen molar-refractivity contribution in [3.63, 3.8) is 0 Å². The first-order valence-electron chi connectivity index (χ1n) is 9.35. The van der Waals surface area contributed by atoms with Crippen molar-refractivity contribution in [2.45, 2.75) is 10.4 Å². The summed E-state index contributed by atoms with van der Waals surface area (Å²) >= 11 is 0. The zero-order valence-electron chi connectivity index (χ0n) is 16.6. The fraction of sp³-hybridized carbons (Fsp3) is 0.130. The molecule has 1 aliphatic rings. The van der Waals surface area contributed by atoms with Crippen LogP contribution in [0.3, 0.4) is 0 Å². The molecule has 1 aliphatic heterocycles. The Hall–Kier alpha value is -3.45. The van der Waals surface area contributed by atoms with Crippen LogP contribution < -0.4 is 5.32 Å². The summed E-state index contributed by atoms with van der Waals surface area (Å²) < 4.78 is 23.9. The van der Waals surface area contributed by atoms with Crippen molar-refractivity contribution in [1.82, 2.24) is 10.2 Å². The molecule has 1 saturated heterocycles. The lowest BCUT2D eigenvalue weighted by atomic mass is 9.81. The van der Waals surface area contributed by atoms with E-state index in [1.165, 1.54) is 11.2 Å². The van der Waals surface area contributed by atoms with Gasteiger partial charge < -0.3 is 5.32 Å². The zero-order chi connectivity index (χ0) is 21.5. The minimum absolute atomic E-state index is 0.0216. The zero-order valence-corrected chi connectivity index (χ0v) is 17.4. The molecule has 0 spiro atoms. The smallest absolute Gasteiger partial charge is 0.264 e. The molecule has 7 heteroatoms. The van der Waals surface area contributed by atoms with E-state index in [1.54, 1.807) is 25.2 Å². The summed E-state index contributed by atoms with van der Waals surface area (Å²) in [4.78, 5) is 14.8. The molecule has 30 heavy (non-hydrogen) atoms. The van der Waals surface area contributed by atoms with Crippen molar-refractivity contribution in [1.29, 1.82) is 5.41 Å². The molecule has 1 atom stereocenters. The van der Waals surface area contributed by atoms with Crippen molar-refractivity contribution in [2.24, 2.45) is 0 Å². The van der Waals surface area contributed by atoms with E-state index >= 15 is 0 Å². The van der Waals surface area contributed by atoms with Gasteiger partial charge in [-0.3, -0.25) is 15.1 Å². The monoisotopic (exact) mass is 419 g/mol. The van der Waals surface area contributed by atoms with Crippen molar-refractivity contribution >= 4 is 21.7 Å². The maximum absolute atomic E-state index is 13.3. The fourth-order valence-corrected chi connectivity index (χ4v) is 4.42. The molecule has 1 amide bonds. The van der Waals surface area contributed by atoms with E-state index in [-0.39, 0.29) is 16.8 Å². The van der Waals surface area contributed by atoms with Crippen LogP contribution in [0.5, 0.6) is 0 Å². The predicted octanol–water partition coefficient (Wildman–Crippen LogP) is 3.00. The van der Waals surface area contributed by atoms with Crippen LogP contribution in [0.1, 0.15) is 11.1 Å². The molecule has 1 fully saturated rings. The quantitative estimate of drug-likeness (QED) is 0.680. The molecule has 152 valence electrons. The number of carbonyl (C=O) groups excluding carboxylic acids is 1. The van der Waals surface area contributed by atoms with Crippen molar-refractivity contribution in [3.8, 4) is 11.1 Å². The summed E-state index contributed by atoms with van der Waals surface area (Å²) in [6, 6.07) is 23.4. The number of nitrogens with one attached hydrogen (secondary N) is 2. The van der Waals surface area contributed by atoms with Crippen LogP contribution in [0.2, 0.25) is 0 Å². The van der Waals surface area contributed by atoms with E-state index in [9.17, 15) is 13.2 Å². The molecule has 0 radical (unpaired) electrons. The third-order valence-electron chi connectivity index (χ3n) is 5.36. The maximum atomic E-state index is 13.3. The number of likely N-dealkylation sites (N-methyl/N-ethyl adjacent to an activating group) is 1. The molecular weight excluding hydrogens is 398 g/mol. The van der Waals surface area contributed by atoms with Gasteiger partial charge in [0.2, 0.25) is 0 Å². The number of benzene rings is 3. The number of guanidine groups is 1. The van der Waals surface area contributed by atoms with Gasteiger partial charge in [0.15, 0.2) is 21.3 Å². The van der Waals surface area contributed by atoms with Gasteiger partial charge in [-0.25, -0.2) is 8.42 Å². The van der Waals surface area contributed by atoms with Gasteiger partial charge in [-0.15, -0.1) is 0 Å². The first-order chi connectivity index (χ1) is 14.2. The van der Waals surface area contributed by atoms with E-state index < -0.39 is 15.4 Å². The van der Waals surface area contributed by atoms with Gasteiger partial charge in [0, 0.05) is 13.3 Å². The van der Waals surface area contributed by atoms with Gasteiger partial charge in [-0.2, -0.15) is 0 Å². The van der Waals surface area contributed by atoms with E-state index in [0.29, 0.717) is 5.56 Å². The Morgan fingerprint density at radius 2 is 1.47 bits per heavy atom. The van der Waals surface area contributed by atoms with Gasteiger partial charge in [-0.05, 0) is 40.5 Å². The molecule has 0 aliphatic carbocycles. The Labute approximate surface area is 175 Å². The Morgan fingerprint density at radius 3 is 2.07 bits per heavy atom. The first-order valence-corrected chi connectivity index (χ1v) is 11.2. The molecule has 0 bridgehead atoms. The highest BCUT2D eigenvalue weighted by Crippen LogP contribution is 2.37. The largest absolute Gasteiger partial charge is 0.334 e. The standard InChI is InChI=1S/C23H21N3O3S/c1-26-21(27)23(25-22(26)24,18-10-4-3-5-11-18)19-12-6-8-16(14-19)17-9-7-13-20(15-17)30(2,28)29/h3-15H,1-2H3,(H2,24,25). The van der Waals surface area contributed by atoms with Gasteiger partial charge in [-0.1, -0.05) is 60.7 Å². The highest BCUT2D eigenvalue weighted by molar-refractivity contribution is 7.90. The lowest BCUT2D eigenvalue weighted by Gasteiger charge is -2.28. The fourth-order valence-electron chi connectivity index (χ4n) is 3.75. The van der Waals surface area contributed by atoms with E-state index in [0.717, 1.165) is 16.7 Å². The molecule has 1 heterocycles. The highest BCUT2D eigenvalue weighted by atomic mass is 32.2. The number of hydrogen-bond donors (Lipinski definition) is 2. The molecule has 4 rings (SSSR count). The van der Waals surface area contributed by atoms with Crippen LogP contribution in [-0.2, 0) is 20.2 Å². The Morgan fingerprint density at radius 1 is 0.867 bits per heavy atom. The van der Waals surface area contributed by atoms with Gasteiger partial charge in [0.25, 0.3) is 5.91 Å². The van der Waals surface area contributed by atoms with Gasteiger partial charge >= 0.3 is 0 Å². The van der Waals surface area contributed by atoms with Crippen molar-refractivity contribution in [3.05, 3.63) is 90.0 Å². The molecule has 0 saturated carbocycles. The summed E-state index contributed by atoms with van der Waals surface area (Å²) in [5.74, 6) is -0.228. The molecule has 2 N–H and O–H groups in total. The van der Waals surface area contributed by atoms with E-state index in [1.807, 2.05) is 60.7 Å². The predicted molar refractivity (Wildman–Crippen MR) is 116 cm³/mol. The van der Waals surface area contributed by atoms with Crippen molar-refractivity contribution in [2.75, 3.05) is 13.3 Å². The van der Waals surface area contributed by atoms with Crippen LogP contribution in [0.4, 0.5) is 0 Å². The Balaban J connectivity index is 1.90. The first kappa shape index (κ1) is 19.8. The normalized spacial score (nSPS) is 19.1. The van der Waals surface area contributed by atoms with E-state index in [4.69, 9.17) is 5.41 Å². The number of rotatable bonds is 4. The third-order valence-corrected chi connectivity index (χ3v) is 6.47. The van der Waals surface area contributed by atoms with Gasteiger partial charge in [0.05, 0.1) is 4.90 Å². The number of amides is 1. The van der Waals surface area contributed by atoms with Gasteiger partial charge in [0.1, 0.15) is 0 Å². The number of nitrogens with zero attached hydrogens (tertiary/aromatic N) is 1. The number of carbonyl (C=O) groups is 1. The average Bonchev–Trinajstić information content (AvgIpc) is 2.99. The van der Waals surface area contributed by atoms with Crippen LogP contribution in [0, 0.1) is 5.41 Å². The minimum Gasteiger partial charge on any atom is -0.334 e. The van der Waals surface area contributed by atoms with E-state index in [2.05, 4.69) is 5.32 Å². The Kier molecular flexibility index (Phi) is 4.70. The maximum Gasteiger partial charge on any atom is 0.264 e. The average molecular weight is 420 g/mol. The molecule has 6 nitrogen and oxygen atoms in total. The topological polar surface area (TPSA) is 90.3 Å². The SMILES string of the molecule is CN1C(=N)NC(c2ccccc2)(c2cccc(-c3cccc(S(C)(=O)=O)c3)c2)C1=O. The molecule has 0 aromatic heterocycles. The number of hydrogen-bond acceptors (Lipinski definition) is 4. The third kappa shape index (κ3) is 3.17. The molecule has 3 aromatic carbocycles. The molecule has 1 unspecified atom stereocenters. The lowest BCUT2D eigenvalue weighted by molar-refractivity contribution is -0.129. The van der Waals surface area contributed by atoms with Crippen LogP contribution >= 0.6 is 0 Å². The minimum atomic E-state index is -3.34. The second-order valence-electron chi connectivity index (χ2n) is 7.33. The molecular formula is C23H21N3O3S.